The van der Waals surface area contributed by atoms with Gasteiger partial charge >= 0.3 is 0 Å². The van der Waals surface area contributed by atoms with Gasteiger partial charge in [-0.1, -0.05) is 6.07 Å². The second-order valence-corrected chi connectivity index (χ2v) is 6.49. The molecular weight excluding hydrogens is 267 g/mol. The van der Waals surface area contributed by atoms with Crippen molar-refractivity contribution in [3.63, 3.8) is 0 Å². The molecule has 1 aromatic rings. The molecule has 4 heteroatoms. The number of benzene rings is 1. The molecule has 2 saturated heterocycles. The minimum absolute atomic E-state index is 0.283. The van der Waals surface area contributed by atoms with E-state index < -0.39 is 0 Å². The quantitative estimate of drug-likeness (QED) is 0.903. The second kappa shape index (κ2) is 6.32. The molecule has 2 heterocycles. The highest BCUT2D eigenvalue weighted by atomic mass is 19.1. The van der Waals surface area contributed by atoms with Crippen LogP contribution in [0.1, 0.15) is 31.2 Å². The summed E-state index contributed by atoms with van der Waals surface area (Å²) in [5.41, 5.74) is 0.976. The van der Waals surface area contributed by atoms with Crippen molar-refractivity contribution in [2.45, 2.75) is 44.3 Å². The van der Waals surface area contributed by atoms with Crippen LogP contribution in [0.4, 0.5) is 4.39 Å². The van der Waals surface area contributed by atoms with Crippen molar-refractivity contribution >= 4 is 0 Å². The molecule has 0 aromatic heterocycles. The van der Waals surface area contributed by atoms with Crippen LogP contribution in [0, 0.1) is 11.7 Å². The van der Waals surface area contributed by atoms with E-state index in [1.807, 2.05) is 6.07 Å². The molecule has 21 heavy (non-hydrogen) atoms. The Balaban J connectivity index is 1.47. The lowest BCUT2D eigenvalue weighted by molar-refractivity contribution is 0.133. The maximum atomic E-state index is 13.6. The highest BCUT2D eigenvalue weighted by Gasteiger charge is 2.37. The monoisotopic (exact) mass is 292 g/mol. The van der Waals surface area contributed by atoms with Crippen LogP contribution in [0.3, 0.4) is 0 Å². The maximum Gasteiger partial charge on any atom is 0.165 e. The van der Waals surface area contributed by atoms with E-state index in [2.05, 4.69) is 17.3 Å². The zero-order chi connectivity index (χ0) is 14.8. The molecule has 2 unspecified atom stereocenters. The minimum Gasteiger partial charge on any atom is -0.494 e. The molecule has 2 bridgehead atoms. The van der Waals surface area contributed by atoms with E-state index in [0.717, 1.165) is 36.7 Å². The first-order chi connectivity index (χ1) is 10.2. The number of nitrogens with zero attached hydrogens (tertiary/aromatic N) is 1. The van der Waals surface area contributed by atoms with Crippen LogP contribution < -0.4 is 10.1 Å². The van der Waals surface area contributed by atoms with E-state index in [0.29, 0.717) is 5.75 Å². The van der Waals surface area contributed by atoms with Gasteiger partial charge < -0.3 is 15.0 Å². The summed E-state index contributed by atoms with van der Waals surface area (Å²) in [7, 11) is 3.76. The molecule has 0 spiro atoms. The third-order valence-electron chi connectivity index (χ3n) is 5.17. The van der Waals surface area contributed by atoms with Gasteiger partial charge in [0.1, 0.15) is 0 Å². The molecule has 2 fully saturated rings. The van der Waals surface area contributed by atoms with Crippen LogP contribution in [0.15, 0.2) is 18.2 Å². The molecule has 116 valence electrons. The lowest BCUT2D eigenvalue weighted by Crippen LogP contribution is -2.42. The Morgan fingerprint density at radius 3 is 2.62 bits per heavy atom. The molecule has 1 aromatic carbocycles. The van der Waals surface area contributed by atoms with E-state index in [4.69, 9.17) is 4.74 Å². The summed E-state index contributed by atoms with van der Waals surface area (Å²) in [6.07, 6.45) is 5.33. The van der Waals surface area contributed by atoms with Gasteiger partial charge in [0.25, 0.3) is 0 Å². The summed E-state index contributed by atoms with van der Waals surface area (Å²) in [6, 6.07) is 6.75. The van der Waals surface area contributed by atoms with E-state index in [1.54, 1.807) is 12.1 Å². The molecule has 2 aliphatic heterocycles. The van der Waals surface area contributed by atoms with Gasteiger partial charge in [-0.3, -0.25) is 0 Å². The van der Waals surface area contributed by atoms with Crippen molar-refractivity contribution in [3.8, 4) is 5.75 Å². The van der Waals surface area contributed by atoms with Crippen molar-refractivity contribution in [1.82, 2.24) is 10.2 Å². The number of hydrogen-bond donors (Lipinski definition) is 1. The van der Waals surface area contributed by atoms with Crippen molar-refractivity contribution in [2.24, 2.45) is 5.92 Å². The zero-order valence-corrected chi connectivity index (χ0v) is 12.9. The molecule has 1 N–H and O–H groups in total. The van der Waals surface area contributed by atoms with Gasteiger partial charge in [-0.05, 0) is 62.9 Å². The smallest absolute Gasteiger partial charge is 0.165 e. The number of piperidine rings is 1. The van der Waals surface area contributed by atoms with Gasteiger partial charge in [-0.15, -0.1) is 0 Å². The molecule has 0 aliphatic carbocycles. The minimum atomic E-state index is -0.283. The summed E-state index contributed by atoms with van der Waals surface area (Å²) in [6.45, 7) is 1.76. The lowest BCUT2D eigenvalue weighted by Gasteiger charge is -2.36. The summed E-state index contributed by atoms with van der Waals surface area (Å²) < 4.78 is 18.6. The number of ether oxygens (including phenoxy) is 1. The fraction of sp³-hybridized carbons (Fsp3) is 0.647. The molecular formula is C17H25FN2O. The number of hydrogen-bond acceptors (Lipinski definition) is 3. The molecule has 2 atom stereocenters. The standard InChI is InChI=1S/C17H25FN2O/c1-20-14-4-5-15(20)8-13(7-14)11-19-10-12-3-6-17(21-2)16(18)9-12/h3,6,9,13-15,19H,4-5,7-8,10-11H2,1-2H3. The number of methoxy groups -OCH3 is 1. The molecule has 0 amide bonds. The molecule has 0 radical (unpaired) electrons. The summed E-state index contributed by atoms with van der Waals surface area (Å²) in [5, 5.41) is 3.49. The largest absolute Gasteiger partial charge is 0.494 e. The highest BCUT2D eigenvalue weighted by molar-refractivity contribution is 5.29. The average Bonchev–Trinajstić information content (AvgIpc) is 2.70. The topological polar surface area (TPSA) is 24.5 Å². The molecule has 2 aliphatic rings. The van der Waals surface area contributed by atoms with Gasteiger partial charge in [0.15, 0.2) is 11.6 Å². The van der Waals surface area contributed by atoms with Gasteiger partial charge in [0.05, 0.1) is 7.11 Å². The molecule has 0 saturated carbocycles. The average molecular weight is 292 g/mol. The Kier molecular flexibility index (Phi) is 4.45. The second-order valence-electron chi connectivity index (χ2n) is 6.49. The van der Waals surface area contributed by atoms with Crippen molar-refractivity contribution < 1.29 is 9.13 Å². The first-order valence-electron chi connectivity index (χ1n) is 7.92. The Labute approximate surface area is 126 Å². The van der Waals surface area contributed by atoms with E-state index in [1.165, 1.54) is 32.8 Å². The third-order valence-corrected chi connectivity index (χ3v) is 5.17. The number of fused-ring (bicyclic) bond motifs is 2. The number of halogens is 1. The Bertz CT molecular complexity index is 480. The van der Waals surface area contributed by atoms with Crippen LogP contribution in [0.5, 0.6) is 5.75 Å². The number of nitrogens with one attached hydrogen (secondary N) is 1. The van der Waals surface area contributed by atoms with E-state index in [9.17, 15) is 4.39 Å². The Hall–Kier alpha value is -1.13. The van der Waals surface area contributed by atoms with Crippen LogP contribution in [-0.2, 0) is 6.54 Å². The highest BCUT2D eigenvalue weighted by Crippen LogP contribution is 2.37. The maximum absolute atomic E-state index is 13.6. The first kappa shape index (κ1) is 14.8. The Morgan fingerprint density at radius 1 is 1.29 bits per heavy atom. The van der Waals surface area contributed by atoms with Crippen LogP contribution >= 0.6 is 0 Å². The van der Waals surface area contributed by atoms with E-state index >= 15 is 0 Å². The van der Waals surface area contributed by atoms with Crippen LogP contribution in [0.25, 0.3) is 0 Å². The Morgan fingerprint density at radius 2 is 2.00 bits per heavy atom. The van der Waals surface area contributed by atoms with Crippen molar-refractivity contribution in [2.75, 3.05) is 20.7 Å². The fourth-order valence-corrected chi connectivity index (χ4v) is 3.93. The summed E-state index contributed by atoms with van der Waals surface area (Å²) >= 11 is 0. The van der Waals surface area contributed by atoms with Crippen LogP contribution in [0.2, 0.25) is 0 Å². The van der Waals surface area contributed by atoms with Gasteiger partial charge in [0.2, 0.25) is 0 Å². The lowest BCUT2D eigenvalue weighted by atomic mass is 9.91. The first-order valence-corrected chi connectivity index (χ1v) is 7.92. The third kappa shape index (κ3) is 3.22. The summed E-state index contributed by atoms with van der Waals surface area (Å²) in [4.78, 5) is 2.56. The zero-order valence-electron chi connectivity index (χ0n) is 12.9. The fourth-order valence-electron chi connectivity index (χ4n) is 3.93. The normalized spacial score (nSPS) is 28.8. The number of rotatable bonds is 5. The van der Waals surface area contributed by atoms with Gasteiger partial charge in [-0.2, -0.15) is 0 Å². The van der Waals surface area contributed by atoms with Gasteiger partial charge in [0, 0.05) is 18.6 Å². The van der Waals surface area contributed by atoms with Crippen molar-refractivity contribution in [1.29, 1.82) is 0 Å². The SMILES string of the molecule is COc1ccc(CNCC2CC3CCC(C2)N3C)cc1F. The molecule has 3 rings (SSSR count). The summed E-state index contributed by atoms with van der Waals surface area (Å²) in [5.74, 6) is 0.793. The van der Waals surface area contributed by atoms with Gasteiger partial charge in [-0.25, -0.2) is 4.39 Å². The predicted octanol–water partition coefficient (Wildman–Crippen LogP) is 2.80. The van der Waals surface area contributed by atoms with E-state index in [-0.39, 0.29) is 5.82 Å². The van der Waals surface area contributed by atoms with Crippen LogP contribution in [-0.4, -0.2) is 37.7 Å². The predicted molar refractivity (Wildman–Crippen MR) is 82.0 cm³/mol. The van der Waals surface area contributed by atoms with Crippen molar-refractivity contribution in [3.05, 3.63) is 29.6 Å². The molecule has 3 nitrogen and oxygen atoms in total.